The second-order valence-electron chi connectivity index (χ2n) is 6.72. The molecule has 0 atom stereocenters. The van der Waals surface area contributed by atoms with E-state index in [1.165, 1.54) is 17.4 Å². The van der Waals surface area contributed by atoms with Gasteiger partial charge in [0.15, 0.2) is 3.95 Å². The Labute approximate surface area is 174 Å². The molecule has 2 aromatic heterocycles. The first-order valence-corrected chi connectivity index (χ1v) is 10.3. The summed E-state index contributed by atoms with van der Waals surface area (Å²) in [7, 11) is 0. The van der Waals surface area contributed by atoms with Gasteiger partial charge in [-0.3, -0.25) is 13.8 Å². The van der Waals surface area contributed by atoms with Crippen LogP contribution in [0.2, 0.25) is 0 Å². The van der Waals surface area contributed by atoms with Gasteiger partial charge in [0.05, 0.1) is 22.3 Å². The highest BCUT2D eigenvalue weighted by atomic mass is 32.1. The lowest BCUT2D eigenvalue weighted by Gasteiger charge is -2.14. The van der Waals surface area contributed by atoms with Crippen molar-refractivity contribution in [3.05, 3.63) is 105 Å². The van der Waals surface area contributed by atoms with E-state index in [9.17, 15) is 9.18 Å². The predicted molar refractivity (Wildman–Crippen MR) is 119 cm³/mol. The second kappa shape index (κ2) is 7.06. The summed E-state index contributed by atoms with van der Waals surface area (Å²) in [4.78, 5) is 14.3. The molecule has 142 valence electrons. The van der Waals surface area contributed by atoms with Crippen LogP contribution in [0.25, 0.3) is 27.0 Å². The third kappa shape index (κ3) is 2.92. The predicted octanol–water partition coefficient (Wildman–Crippen LogP) is 5.90. The standard InChI is InChI=1S/C23H15FN2OS2/c24-18-12-6-4-10-16(18)14-25-21-20(15-8-2-1-3-9-15)29-23(28)26(21)19-13-7-5-11-17(19)22(25)27/h1-13H,14H2. The second-order valence-corrected chi connectivity index (χ2v) is 8.37. The summed E-state index contributed by atoms with van der Waals surface area (Å²) in [5.74, 6) is -0.333. The van der Waals surface area contributed by atoms with Gasteiger partial charge in [-0.1, -0.05) is 60.7 Å². The van der Waals surface area contributed by atoms with Crippen molar-refractivity contribution in [3.63, 3.8) is 0 Å². The van der Waals surface area contributed by atoms with Gasteiger partial charge in [0.2, 0.25) is 0 Å². The van der Waals surface area contributed by atoms with Gasteiger partial charge in [-0.25, -0.2) is 4.39 Å². The van der Waals surface area contributed by atoms with Crippen molar-refractivity contribution in [1.29, 1.82) is 0 Å². The van der Waals surface area contributed by atoms with Crippen LogP contribution in [0.15, 0.2) is 83.7 Å². The molecule has 0 unspecified atom stereocenters. The Morgan fingerprint density at radius 1 is 0.897 bits per heavy atom. The number of hydrogen-bond donors (Lipinski definition) is 0. The first kappa shape index (κ1) is 18.0. The van der Waals surface area contributed by atoms with Crippen LogP contribution in [0.5, 0.6) is 0 Å². The molecule has 5 rings (SSSR count). The van der Waals surface area contributed by atoms with Crippen LogP contribution in [-0.4, -0.2) is 8.97 Å². The molecule has 2 heterocycles. The molecule has 3 aromatic carbocycles. The van der Waals surface area contributed by atoms with Gasteiger partial charge in [0, 0.05) is 5.56 Å². The summed E-state index contributed by atoms with van der Waals surface area (Å²) in [5, 5.41) is 0.560. The Hall–Kier alpha value is -3.09. The lowest BCUT2D eigenvalue weighted by Crippen LogP contribution is -2.24. The highest BCUT2D eigenvalue weighted by molar-refractivity contribution is 7.73. The number of benzene rings is 3. The highest BCUT2D eigenvalue weighted by Gasteiger charge is 2.19. The number of fused-ring (bicyclic) bond motifs is 3. The minimum absolute atomic E-state index is 0.130. The van der Waals surface area contributed by atoms with E-state index in [2.05, 4.69) is 0 Å². The van der Waals surface area contributed by atoms with Gasteiger partial charge >= 0.3 is 0 Å². The molecular formula is C23H15FN2OS2. The molecule has 0 bridgehead atoms. The van der Waals surface area contributed by atoms with Crippen LogP contribution >= 0.6 is 23.6 Å². The average Bonchev–Trinajstić information content (AvgIpc) is 3.10. The van der Waals surface area contributed by atoms with Crippen molar-refractivity contribution in [1.82, 2.24) is 8.97 Å². The average molecular weight is 419 g/mol. The van der Waals surface area contributed by atoms with Crippen molar-refractivity contribution in [3.8, 4) is 10.4 Å². The lowest BCUT2D eigenvalue weighted by molar-refractivity contribution is 0.599. The monoisotopic (exact) mass is 418 g/mol. The van der Waals surface area contributed by atoms with Crippen LogP contribution in [-0.2, 0) is 6.54 Å². The first-order valence-electron chi connectivity index (χ1n) is 9.11. The normalized spacial score (nSPS) is 11.3. The van der Waals surface area contributed by atoms with Crippen molar-refractivity contribution in [2.24, 2.45) is 0 Å². The smallest absolute Gasteiger partial charge is 0.261 e. The zero-order valence-corrected chi connectivity index (χ0v) is 16.8. The van der Waals surface area contributed by atoms with Crippen molar-refractivity contribution in [2.45, 2.75) is 6.54 Å². The van der Waals surface area contributed by atoms with Crippen LogP contribution < -0.4 is 5.56 Å². The zero-order valence-electron chi connectivity index (χ0n) is 15.2. The molecule has 0 fully saturated rings. The zero-order chi connectivity index (χ0) is 20.0. The minimum atomic E-state index is -0.333. The lowest BCUT2D eigenvalue weighted by atomic mass is 10.1. The van der Waals surface area contributed by atoms with E-state index in [4.69, 9.17) is 12.2 Å². The van der Waals surface area contributed by atoms with Crippen molar-refractivity contribution >= 4 is 40.1 Å². The number of halogens is 1. The fourth-order valence-corrected chi connectivity index (χ4v) is 5.07. The SMILES string of the molecule is O=c1c2ccccc2n2c(=S)sc(-c3ccccc3)c2n1Cc1ccccc1F. The summed E-state index contributed by atoms with van der Waals surface area (Å²) in [6.07, 6.45) is 0. The summed E-state index contributed by atoms with van der Waals surface area (Å²) in [6, 6.07) is 23.8. The molecule has 0 aliphatic rings. The molecule has 6 heteroatoms. The molecule has 0 saturated heterocycles. The number of thiazole rings is 1. The number of rotatable bonds is 3. The van der Waals surface area contributed by atoms with Crippen molar-refractivity contribution in [2.75, 3.05) is 0 Å². The summed E-state index contributed by atoms with van der Waals surface area (Å²) in [5.41, 5.74) is 2.73. The van der Waals surface area contributed by atoms with Crippen LogP contribution in [0.4, 0.5) is 4.39 Å². The summed E-state index contributed by atoms with van der Waals surface area (Å²) >= 11 is 7.14. The minimum Gasteiger partial charge on any atom is -0.288 e. The molecule has 5 aromatic rings. The van der Waals surface area contributed by atoms with E-state index in [0.717, 1.165) is 16.0 Å². The van der Waals surface area contributed by atoms with Gasteiger partial charge in [0.25, 0.3) is 5.56 Å². The maximum Gasteiger partial charge on any atom is 0.261 e. The molecule has 29 heavy (non-hydrogen) atoms. The van der Waals surface area contributed by atoms with Crippen molar-refractivity contribution < 1.29 is 4.39 Å². The molecule has 0 radical (unpaired) electrons. The van der Waals surface area contributed by atoms with E-state index in [-0.39, 0.29) is 17.9 Å². The quantitative estimate of drug-likeness (QED) is 0.341. The van der Waals surface area contributed by atoms with Gasteiger partial charge in [0.1, 0.15) is 11.5 Å². The Morgan fingerprint density at radius 2 is 1.59 bits per heavy atom. The first-order chi connectivity index (χ1) is 14.1. The van der Waals surface area contributed by atoms with Gasteiger partial charge in [-0.2, -0.15) is 0 Å². The number of aromatic nitrogens is 2. The van der Waals surface area contributed by atoms with Gasteiger partial charge in [-0.15, -0.1) is 11.3 Å². The van der Waals surface area contributed by atoms with Crippen LogP contribution in [0.3, 0.4) is 0 Å². The highest BCUT2D eigenvalue weighted by Crippen LogP contribution is 2.33. The molecular weight excluding hydrogens is 403 g/mol. The van der Waals surface area contributed by atoms with E-state index in [1.54, 1.807) is 28.8 Å². The van der Waals surface area contributed by atoms with E-state index in [0.29, 0.717) is 20.6 Å². The molecule has 0 aliphatic carbocycles. The molecule has 0 N–H and O–H groups in total. The third-order valence-electron chi connectivity index (χ3n) is 4.99. The molecule has 0 spiro atoms. The third-order valence-corrected chi connectivity index (χ3v) is 6.40. The number of para-hydroxylation sites is 1. The maximum atomic E-state index is 14.4. The Bertz CT molecular complexity index is 1480. The van der Waals surface area contributed by atoms with Gasteiger partial charge < -0.3 is 0 Å². The largest absolute Gasteiger partial charge is 0.288 e. The topological polar surface area (TPSA) is 26.4 Å². The summed E-state index contributed by atoms with van der Waals surface area (Å²) < 4.78 is 18.6. The molecule has 3 nitrogen and oxygen atoms in total. The van der Waals surface area contributed by atoms with E-state index >= 15 is 0 Å². The molecule has 0 saturated carbocycles. The maximum absolute atomic E-state index is 14.4. The molecule has 0 aliphatic heterocycles. The fraction of sp³-hybridized carbons (Fsp3) is 0.0435. The number of nitrogens with zero attached hydrogens (tertiary/aromatic N) is 2. The van der Waals surface area contributed by atoms with E-state index in [1.807, 2.05) is 52.9 Å². The van der Waals surface area contributed by atoms with Crippen LogP contribution in [0.1, 0.15) is 5.56 Å². The fourth-order valence-electron chi connectivity index (χ4n) is 3.63. The summed E-state index contributed by atoms with van der Waals surface area (Å²) in [6.45, 7) is 0.130. The Kier molecular flexibility index (Phi) is 4.38. The van der Waals surface area contributed by atoms with Crippen LogP contribution in [0, 0.1) is 9.77 Å². The Morgan fingerprint density at radius 3 is 2.38 bits per heavy atom. The Balaban J connectivity index is 1.94. The number of hydrogen-bond acceptors (Lipinski definition) is 3. The van der Waals surface area contributed by atoms with E-state index < -0.39 is 0 Å². The molecule has 0 amide bonds. The van der Waals surface area contributed by atoms with Gasteiger partial charge in [-0.05, 0) is 36.0 Å².